The van der Waals surface area contributed by atoms with Crippen molar-refractivity contribution < 1.29 is 30.0 Å². The number of carbonyl (C=O) groups excluding carboxylic acids is 1. The third kappa shape index (κ3) is 3.95. The second-order valence-corrected chi connectivity index (χ2v) is 9.48. The predicted octanol–water partition coefficient (Wildman–Crippen LogP) is 7.81. The maximum Gasteiger partial charge on any atom is 0.155 e. The van der Waals surface area contributed by atoms with E-state index in [-0.39, 0.29) is 31.6 Å². The van der Waals surface area contributed by atoms with Crippen LogP contribution in [0, 0.1) is 6.07 Å². The van der Waals surface area contributed by atoms with Crippen LogP contribution >= 0.6 is 22.7 Å². The van der Waals surface area contributed by atoms with Gasteiger partial charge < -0.3 is 10.1 Å². The first-order valence-corrected chi connectivity index (χ1v) is 11.5. The molecule has 0 saturated carbocycles. The largest absolute Gasteiger partial charge is 0.512 e. The van der Waals surface area contributed by atoms with Gasteiger partial charge in [0.2, 0.25) is 0 Å². The second-order valence-electron chi connectivity index (χ2n) is 7.34. The molecule has 3 heterocycles. The standard InChI is InChI=1S/C21H10NS2.C5H8O2.Ir/c1-2-6-13-12(5-1)11-22-20-14-7-3-8-15-18(14)19-16(23-15)9-4-10-17(19)24-21(13)20;1-4(6)3-5(2)7;/h1-6,8-11H;3,6H,1-2H3;/q-1;;/b;4-3-;. The molecule has 1 N–H and O–H groups in total. The van der Waals surface area contributed by atoms with Gasteiger partial charge in [-0.1, -0.05) is 35.7 Å². The van der Waals surface area contributed by atoms with Gasteiger partial charge in [-0.25, -0.2) is 0 Å². The van der Waals surface area contributed by atoms with E-state index in [2.05, 4.69) is 54.6 Å². The van der Waals surface area contributed by atoms with Crippen LogP contribution < -0.4 is 0 Å². The zero-order chi connectivity index (χ0) is 21.5. The third-order valence-corrected chi connectivity index (χ3v) is 7.33. The minimum Gasteiger partial charge on any atom is -0.512 e. The van der Waals surface area contributed by atoms with E-state index in [4.69, 9.17) is 10.1 Å². The third-order valence-electron chi connectivity index (χ3n) is 5.03. The molecule has 0 fully saturated rings. The number of hydrogen-bond acceptors (Lipinski definition) is 5. The number of ketones is 1. The maximum absolute atomic E-state index is 10.0. The van der Waals surface area contributed by atoms with Gasteiger partial charge in [-0.2, -0.15) is 11.3 Å². The Morgan fingerprint density at radius 3 is 2.41 bits per heavy atom. The maximum atomic E-state index is 10.0. The SMILES string of the molecule is CC(=O)/C=C(/C)O.[Ir].[c-]1ccc2sc3cccc4sc5c6ccccc6cnc5c1c2c34. The van der Waals surface area contributed by atoms with Crippen molar-refractivity contribution in [2.75, 3.05) is 0 Å². The smallest absolute Gasteiger partial charge is 0.155 e. The molecule has 0 spiro atoms. The number of allylic oxidation sites excluding steroid dienone is 2. The van der Waals surface area contributed by atoms with E-state index in [9.17, 15) is 4.79 Å². The quantitative estimate of drug-likeness (QED) is 0.114. The number of aliphatic hydroxyl groups excluding tert-OH is 1. The van der Waals surface area contributed by atoms with Gasteiger partial charge in [0.15, 0.2) is 5.78 Å². The van der Waals surface area contributed by atoms with Crippen molar-refractivity contribution in [1.82, 2.24) is 4.98 Å². The molecule has 0 bridgehead atoms. The van der Waals surface area contributed by atoms with Gasteiger partial charge in [0.25, 0.3) is 0 Å². The molecule has 161 valence electrons. The van der Waals surface area contributed by atoms with Crippen molar-refractivity contribution in [2.45, 2.75) is 13.8 Å². The zero-order valence-electron chi connectivity index (χ0n) is 17.3. The molecule has 3 aromatic heterocycles. The summed E-state index contributed by atoms with van der Waals surface area (Å²) in [5, 5.41) is 14.6. The van der Waals surface area contributed by atoms with E-state index < -0.39 is 0 Å². The van der Waals surface area contributed by atoms with Crippen molar-refractivity contribution in [2.24, 2.45) is 0 Å². The first-order chi connectivity index (χ1) is 15.0. The number of benzene rings is 3. The number of aliphatic hydroxyl groups is 1. The zero-order valence-corrected chi connectivity index (χ0v) is 21.3. The van der Waals surface area contributed by atoms with Crippen LogP contribution in [0.5, 0.6) is 0 Å². The van der Waals surface area contributed by atoms with Crippen LogP contribution in [0.25, 0.3) is 51.2 Å². The van der Waals surface area contributed by atoms with E-state index >= 15 is 0 Å². The van der Waals surface area contributed by atoms with Crippen LogP contribution in [0.3, 0.4) is 0 Å². The molecule has 3 nitrogen and oxygen atoms in total. The average Bonchev–Trinajstić information content (AvgIpc) is 3.05. The molecule has 6 heteroatoms. The van der Waals surface area contributed by atoms with Gasteiger partial charge in [0, 0.05) is 52.0 Å². The topological polar surface area (TPSA) is 50.2 Å². The van der Waals surface area contributed by atoms with E-state index in [1.54, 1.807) is 0 Å². The summed E-state index contributed by atoms with van der Waals surface area (Å²) in [6.07, 6.45) is 3.15. The number of fused-ring (bicyclic) bond motifs is 4. The van der Waals surface area contributed by atoms with Crippen molar-refractivity contribution in [3.05, 3.63) is 78.7 Å². The Labute approximate surface area is 206 Å². The van der Waals surface area contributed by atoms with Gasteiger partial charge in [0.05, 0.1) is 5.76 Å². The molecular formula is C26H18IrNO2S2-. The summed E-state index contributed by atoms with van der Waals surface area (Å²) in [5.41, 5.74) is 1.06. The van der Waals surface area contributed by atoms with Crippen LogP contribution in [0.4, 0.5) is 0 Å². The number of carbonyl (C=O) groups is 1. The van der Waals surface area contributed by atoms with Crippen LogP contribution in [-0.4, -0.2) is 15.9 Å². The number of rotatable bonds is 1. The molecule has 0 aliphatic rings. The molecule has 0 aliphatic heterocycles. The van der Waals surface area contributed by atoms with E-state index in [0.29, 0.717) is 0 Å². The average molecular weight is 633 g/mol. The van der Waals surface area contributed by atoms with Crippen molar-refractivity contribution >= 4 is 79.7 Å². The van der Waals surface area contributed by atoms with E-state index in [1.807, 2.05) is 34.9 Å². The Balaban J connectivity index is 0.000000271. The number of aromatic nitrogens is 1. The number of pyridine rings is 1. The predicted molar refractivity (Wildman–Crippen MR) is 133 cm³/mol. The van der Waals surface area contributed by atoms with Crippen LogP contribution in [0.2, 0.25) is 0 Å². The molecule has 0 aliphatic carbocycles. The van der Waals surface area contributed by atoms with Gasteiger partial charge in [0.1, 0.15) is 0 Å². The summed E-state index contributed by atoms with van der Waals surface area (Å²) in [7, 11) is 0. The Bertz CT molecular complexity index is 1640. The summed E-state index contributed by atoms with van der Waals surface area (Å²) in [6, 6.07) is 22.8. The summed E-state index contributed by atoms with van der Waals surface area (Å²) >= 11 is 3.70. The Kier molecular flexibility index (Phi) is 6.40. The number of hydrogen-bond donors (Lipinski definition) is 1. The van der Waals surface area contributed by atoms with Crippen molar-refractivity contribution in [1.29, 1.82) is 0 Å². The van der Waals surface area contributed by atoms with Crippen LogP contribution in [-0.2, 0) is 24.9 Å². The normalized spacial score (nSPS) is 11.6. The van der Waals surface area contributed by atoms with Gasteiger partial charge in [-0.05, 0) is 46.8 Å². The summed E-state index contributed by atoms with van der Waals surface area (Å²) < 4.78 is 5.21. The second kappa shape index (κ2) is 9.08. The summed E-state index contributed by atoms with van der Waals surface area (Å²) in [5.74, 6) is -0.0625. The van der Waals surface area contributed by atoms with Crippen molar-refractivity contribution in [3.63, 3.8) is 0 Å². The molecule has 0 atom stereocenters. The molecule has 6 aromatic rings. The van der Waals surface area contributed by atoms with Crippen LogP contribution in [0.1, 0.15) is 13.8 Å². The minimum atomic E-state index is -0.125. The Morgan fingerprint density at radius 2 is 1.69 bits per heavy atom. The Morgan fingerprint density at radius 1 is 0.969 bits per heavy atom. The van der Waals surface area contributed by atoms with Gasteiger partial charge in [-0.15, -0.1) is 34.9 Å². The fraction of sp³-hybridized carbons (Fsp3) is 0.0769. The fourth-order valence-electron chi connectivity index (χ4n) is 3.87. The van der Waals surface area contributed by atoms with Gasteiger partial charge >= 0.3 is 0 Å². The molecular weight excluding hydrogens is 615 g/mol. The van der Waals surface area contributed by atoms with Gasteiger partial charge in [-0.3, -0.25) is 4.79 Å². The molecule has 0 amide bonds. The van der Waals surface area contributed by atoms with Crippen LogP contribution in [0.15, 0.2) is 72.6 Å². The summed E-state index contributed by atoms with van der Waals surface area (Å²) in [6.45, 7) is 2.85. The fourth-order valence-corrected chi connectivity index (χ4v) is 6.30. The Hall–Kier alpha value is -2.63. The molecule has 1 radical (unpaired) electrons. The summed E-state index contributed by atoms with van der Waals surface area (Å²) in [4.78, 5) is 14.9. The molecule has 32 heavy (non-hydrogen) atoms. The first kappa shape index (κ1) is 22.6. The molecule has 0 unspecified atom stereocenters. The van der Waals surface area contributed by atoms with E-state index in [0.717, 1.165) is 10.9 Å². The first-order valence-electron chi connectivity index (χ1n) is 9.82. The molecule has 6 rings (SSSR count). The monoisotopic (exact) mass is 633 g/mol. The number of thiophene rings is 1. The minimum absolute atomic E-state index is 0. The number of nitrogens with zero attached hydrogens (tertiary/aromatic N) is 1. The molecule has 0 saturated heterocycles. The van der Waals surface area contributed by atoms with Crippen molar-refractivity contribution in [3.8, 4) is 0 Å². The van der Waals surface area contributed by atoms with E-state index in [1.165, 1.54) is 60.3 Å². The molecule has 3 aromatic carbocycles.